The second kappa shape index (κ2) is 8.39. The number of piperazine rings is 1. The highest BCUT2D eigenvalue weighted by atomic mass is 16.2. The van der Waals surface area contributed by atoms with E-state index in [0.717, 1.165) is 51.2 Å². The summed E-state index contributed by atoms with van der Waals surface area (Å²) in [5.41, 5.74) is 2.83. The Labute approximate surface area is 164 Å². The molecule has 0 radical (unpaired) electrons. The minimum Gasteiger partial charge on any atom is -0.368 e. The number of carbonyl (C=O) groups is 1. The smallest absolute Gasteiger partial charge is 0.274 e. The summed E-state index contributed by atoms with van der Waals surface area (Å²) in [6.07, 6.45) is 2.94. The molecule has 0 spiro atoms. The van der Waals surface area contributed by atoms with Crippen LogP contribution in [0, 0.1) is 0 Å². The SMILES string of the molecule is CCN1CCN(C(=O)c2ccc(NCCc3c[nH]c4ccccc34)nn2)CC1. The van der Waals surface area contributed by atoms with Gasteiger partial charge in [-0.3, -0.25) is 4.79 Å². The molecule has 0 bridgehead atoms. The van der Waals surface area contributed by atoms with Crippen molar-refractivity contribution in [3.05, 3.63) is 53.9 Å². The molecule has 0 unspecified atom stereocenters. The zero-order valence-corrected chi connectivity index (χ0v) is 16.2. The maximum atomic E-state index is 12.6. The van der Waals surface area contributed by atoms with Crippen LogP contribution in [0.1, 0.15) is 23.0 Å². The first-order valence-electron chi connectivity index (χ1n) is 9.89. The lowest BCUT2D eigenvalue weighted by Crippen LogP contribution is -2.48. The van der Waals surface area contributed by atoms with E-state index in [1.165, 1.54) is 10.9 Å². The van der Waals surface area contributed by atoms with Crippen molar-refractivity contribution in [1.29, 1.82) is 0 Å². The van der Waals surface area contributed by atoms with Gasteiger partial charge in [-0.15, -0.1) is 10.2 Å². The number of amides is 1. The highest BCUT2D eigenvalue weighted by molar-refractivity contribution is 5.92. The first kappa shape index (κ1) is 18.4. The Kier molecular flexibility index (Phi) is 5.53. The molecule has 28 heavy (non-hydrogen) atoms. The number of hydrogen-bond acceptors (Lipinski definition) is 5. The number of fused-ring (bicyclic) bond motifs is 1. The van der Waals surface area contributed by atoms with Gasteiger partial charge in [0.15, 0.2) is 5.69 Å². The summed E-state index contributed by atoms with van der Waals surface area (Å²) in [6.45, 7) is 7.26. The summed E-state index contributed by atoms with van der Waals surface area (Å²) in [7, 11) is 0. The summed E-state index contributed by atoms with van der Waals surface area (Å²) in [6, 6.07) is 11.9. The standard InChI is InChI=1S/C21H26N6O/c1-2-26-11-13-27(14-12-26)21(28)19-7-8-20(25-24-19)22-10-9-16-15-23-18-6-4-3-5-17(16)18/h3-8,15,23H,2,9-14H2,1H3,(H,22,25). The van der Waals surface area contributed by atoms with Crippen molar-refractivity contribution in [3.63, 3.8) is 0 Å². The van der Waals surface area contributed by atoms with E-state index in [1.54, 1.807) is 6.07 Å². The van der Waals surface area contributed by atoms with E-state index in [-0.39, 0.29) is 5.91 Å². The van der Waals surface area contributed by atoms with Crippen molar-refractivity contribution < 1.29 is 4.79 Å². The van der Waals surface area contributed by atoms with Crippen molar-refractivity contribution in [2.75, 3.05) is 44.6 Å². The molecule has 0 atom stereocenters. The normalized spacial score (nSPS) is 15.1. The second-order valence-electron chi connectivity index (χ2n) is 7.07. The molecule has 3 aromatic rings. The number of H-pyrrole nitrogens is 1. The Morgan fingerprint density at radius 3 is 2.68 bits per heavy atom. The molecule has 0 saturated carbocycles. The molecule has 7 nitrogen and oxygen atoms in total. The maximum absolute atomic E-state index is 12.6. The Bertz CT molecular complexity index is 927. The van der Waals surface area contributed by atoms with E-state index in [4.69, 9.17) is 0 Å². The Morgan fingerprint density at radius 1 is 1.11 bits per heavy atom. The Balaban J connectivity index is 1.30. The molecular weight excluding hydrogens is 352 g/mol. The molecule has 4 rings (SSSR count). The van der Waals surface area contributed by atoms with Crippen LogP contribution in [-0.2, 0) is 6.42 Å². The number of anilines is 1. The molecule has 2 aromatic heterocycles. The predicted molar refractivity (Wildman–Crippen MR) is 111 cm³/mol. The van der Waals surface area contributed by atoms with Crippen LogP contribution >= 0.6 is 0 Å². The van der Waals surface area contributed by atoms with Gasteiger partial charge < -0.3 is 20.1 Å². The van der Waals surface area contributed by atoms with Gasteiger partial charge in [0.05, 0.1) is 0 Å². The van der Waals surface area contributed by atoms with E-state index in [0.29, 0.717) is 11.5 Å². The molecule has 0 aliphatic carbocycles. The van der Waals surface area contributed by atoms with Crippen LogP contribution in [0.3, 0.4) is 0 Å². The van der Waals surface area contributed by atoms with Crippen molar-refractivity contribution in [2.24, 2.45) is 0 Å². The average molecular weight is 378 g/mol. The van der Waals surface area contributed by atoms with E-state index in [9.17, 15) is 4.79 Å². The molecule has 1 aliphatic rings. The highest BCUT2D eigenvalue weighted by Gasteiger charge is 2.22. The van der Waals surface area contributed by atoms with E-state index >= 15 is 0 Å². The van der Waals surface area contributed by atoms with Crippen molar-refractivity contribution >= 4 is 22.6 Å². The molecule has 146 valence electrons. The van der Waals surface area contributed by atoms with Crippen LogP contribution in [0.2, 0.25) is 0 Å². The van der Waals surface area contributed by atoms with Gasteiger partial charge in [0.25, 0.3) is 5.91 Å². The number of aromatic nitrogens is 3. The Hall–Kier alpha value is -2.93. The van der Waals surface area contributed by atoms with Gasteiger partial charge in [-0.2, -0.15) is 0 Å². The molecule has 1 aromatic carbocycles. The number of rotatable bonds is 6. The third-order valence-corrected chi connectivity index (χ3v) is 5.37. The zero-order valence-electron chi connectivity index (χ0n) is 16.2. The van der Waals surface area contributed by atoms with Crippen molar-refractivity contribution in [1.82, 2.24) is 25.0 Å². The van der Waals surface area contributed by atoms with Gasteiger partial charge in [-0.1, -0.05) is 25.1 Å². The molecule has 1 saturated heterocycles. The first-order chi connectivity index (χ1) is 13.7. The van der Waals surface area contributed by atoms with Gasteiger partial charge in [0, 0.05) is 49.8 Å². The van der Waals surface area contributed by atoms with Crippen LogP contribution in [0.4, 0.5) is 5.82 Å². The van der Waals surface area contributed by atoms with Gasteiger partial charge in [-0.25, -0.2) is 0 Å². The van der Waals surface area contributed by atoms with E-state index in [2.05, 4.69) is 56.7 Å². The molecule has 7 heteroatoms. The molecule has 1 fully saturated rings. The van der Waals surface area contributed by atoms with Crippen molar-refractivity contribution in [2.45, 2.75) is 13.3 Å². The summed E-state index contributed by atoms with van der Waals surface area (Å²) in [5.74, 6) is 0.654. The maximum Gasteiger partial charge on any atom is 0.274 e. The lowest BCUT2D eigenvalue weighted by atomic mass is 10.1. The van der Waals surface area contributed by atoms with Crippen molar-refractivity contribution in [3.8, 4) is 0 Å². The number of nitrogens with one attached hydrogen (secondary N) is 2. The number of para-hydroxylation sites is 1. The molecule has 1 amide bonds. The zero-order chi connectivity index (χ0) is 19.3. The monoisotopic (exact) mass is 378 g/mol. The predicted octanol–water partition coefficient (Wildman–Crippen LogP) is 2.39. The summed E-state index contributed by atoms with van der Waals surface area (Å²) >= 11 is 0. The summed E-state index contributed by atoms with van der Waals surface area (Å²) in [5, 5.41) is 12.9. The van der Waals surface area contributed by atoms with Crippen LogP contribution in [0.5, 0.6) is 0 Å². The van der Waals surface area contributed by atoms with Gasteiger partial charge in [0.2, 0.25) is 0 Å². The van der Waals surface area contributed by atoms with Gasteiger partial charge in [0.1, 0.15) is 5.82 Å². The lowest BCUT2D eigenvalue weighted by molar-refractivity contribution is 0.0636. The fourth-order valence-corrected chi connectivity index (χ4v) is 3.63. The quantitative estimate of drug-likeness (QED) is 0.689. The fourth-order valence-electron chi connectivity index (χ4n) is 3.63. The van der Waals surface area contributed by atoms with E-state index in [1.807, 2.05) is 17.0 Å². The number of aromatic amines is 1. The van der Waals surface area contributed by atoms with Crippen LogP contribution in [0.15, 0.2) is 42.6 Å². The first-order valence-corrected chi connectivity index (χ1v) is 9.89. The van der Waals surface area contributed by atoms with Crippen LogP contribution in [-0.4, -0.2) is 70.2 Å². The van der Waals surface area contributed by atoms with Gasteiger partial charge in [-0.05, 0) is 36.7 Å². The molecule has 2 N–H and O–H groups in total. The average Bonchev–Trinajstić information content (AvgIpc) is 3.17. The van der Waals surface area contributed by atoms with Crippen LogP contribution < -0.4 is 5.32 Å². The second-order valence-corrected chi connectivity index (χ2v) is 7.07. The highest BCUT2D eigenvalue weighted by Crippen LogP contribution is 2.18. The third-order valence-electron chi connectivity index (χ3n) is 5.37. The fraction of sp³-hybridized carbons (Fsp3) is 0.381. The molecule has 1 aliphatic heterocycles. The number of nitrogens with zero attached hydrogens (tertiary/aromatic N) is 4. The lowest BCUT2D eigenvalue weighted by Gasteiger charge is -2.33. The van der Waals surface area contributed by atoms with E-state index < -0.39 is 0 Å². The molecular formula is C21H26N6O. The summed E-state index contributed by atoms with van der Waals surface area (Å²) in [4.78, 5) is 20.1. The number of likely N-dealkylation sites (N-methyl/N-ethyl adjacent to an activating group) is 1. The number of hydrogen-bond donors (Lipinski definition) is 2. The summed E-state index contributed by atoms with van der Waals surface area (Å²) < 4.78 is 0. The molecule has 3 heterocycles. The minimum absolute atomic E-state index is 0.0337. The Morgan fingerprint density at radius 2 is 1.93 bits per heavy atom. The number of carbonyl (C=O) groups excluding carboxylic acids is 1. The largest absolute Gasteiger partial charge is 0.368 e. The van der Waals surface area contributed by atoms with Gasteiger partial charge >= 0.3 is 0 Å². The number of benzene rings is 1. The third kappa shape index (κ3) is 3.99. The van der Waals surface area contributed by atoms with Crippen LogP contribution in [0.25, 0.3) is 10.9 Å². The minimum atomic E-state index is -0.0337. The topological polar surface area (TPSA) is 77.1 Å².